The van der Waals surface area contributed by atoms with Crippen LogP contribution in [0.15, 0.2) is 84.9 Å². The lowest BCUT2D eigenvalue weighted by atomic mass is 10.0. The molecular weight excluding hydrogens is 466 g/mol. The number of carboxylic acids is 1. The fourth-order valence-electron chi connectivity index (χ4n) is 3.75. The second-order valence-corrected chi connectivity index (χ2v) is 9.75. The second kappa shape index (κ2) is 11.9. The maximum atomic E-state index is 10.9. The number of benzene rings is 3. The number of thioether (sulfide) groups is 1. The van der Waals surface area contributed by atoms with Gasteiger partial charge in [0, 0.05) is 21.6 Å². The van der Waals surface area contributed by atoms with Crippen molar-refractivity contribution in [2.75, 3.05) is 5.75 Å². The first-order valence-electron chi connectivity index (χ1n) is 11.2. The minimum absolute atomic E-state index is 0.0420. The molecule has 1 unspecified atom stereocenters. The van der Waals surface area contributed by atoms with Crippen LogP contribution in [0.4, 0.5) is 0 Å². The number of carbonyl (C=O) groups is 1. The Hall–Kier alpha value is -3.02. The zero-order valence-corrected chi connectivity index (χ0v) is 20.2. The Balaban J connectivity index is 1.45. The number of aliphatic carboxylic acids is 1. The number of nitrogens with zero attached hydrogens (tertiary/aromatic N) is 1. The number of aromatic nitrogens is 1. The molecule has 3 aromatic carbocycles. The summed E-state index contributed by atoms with van der Waals surface area (Å²) in [5.41, 5.74) is 4.05. The van der Waals surface area contributed by atoms with E-state index in [2.05, 4.69) is 23.2 Å². The minimum Gasteiger partial charge on any atom is -0.550 e. The van der Waals surface area contributed by atoms with Gasteiger partial charge in [-0.3, -0.25) is 0 Å². The summed E-state index contributed by atoms with van der Waals surface area (Å²) in [6, 6.07) is 28.0. The second-order valence-electron chi connectivity index (χ2n) is 8.01. The third-order valence-corrected chi connectivity index (χ3v) is 7.08. The molecule has 0 aliphatic carbocycles. The first kappa shape index (κ1) is 24.1. The number of hydrogen-bond acceptors (Lipinski definition) is 5. The Morgan fingerprint density at radius 3 is 2.65 bits per heavy atom. The maximum Gasteiger partial charge on any atom is 0.130 e. The van der Waals surface area contributed by atoms with Gasteiger partial charge in [0.05, 0.1) is 11.2 Å². The summed E-state index contributed by atoms with van der Waals surface area (Å²) in [4.78, 5) is 15.6. The summed E-state index contributed by atoms with van der Waals surface area (Å²) in [6.07, 6.45) is 1.86. The average Bonchev–Trinajstić information content (AvgIpc) is 2.85. The van der Waals surface area contributed by atoms with E-state index in [4.69, 9.17) is 16.3 Å². The summed E-state index contributed by atoms with van der Waals surface area (Å²) < 4.78 is 6.06. The molecule has 1 heterocycles. The van der Waals surface area contributed by atoms with Crippen LogP contribution in [-0.4, -0.2) is 16.7 Å². The summed E-state index contributed by atoms with van der Waals surface area (Å²) in [5.74, 6) is 0.252. The topological polar surface area (TPSA) is 62.2 Å². The van der Waals surface area contributed by atoms with Crippen LogP contribution >= 0.6 is 23.4 Å². The van der Waals surface area contributed by atoms with Gasteiger partial charge in [0.2, 0.25) is 0 Å². The summed E-state index contributed by atoms with van der Waals surface area (Å²) >= 11 is 7.75. The predicted octanol–water partition coefficient (Wildman–Crippen LogP) is 6.01. The number of hydrogen-bond donors (Lipinski definition) is 0. The van der Waals surface area contributed by atoms with E-state index < -0.39 is 5.97 Å². The number of halogens is 1. The van der Waals surface area contributed by atoms with Crippen LogP contribution in [0.1, 0.15) is 34.9 Å². The summed E-state index contributed by atoms with van der Waals surface area (Å²) in [6.45, 7) is 0.346. The molecule has 0 N–H and O–H groups in total. The highest BCUT2D eigenvalue weighted by Gasteiger charge is 2.14. The van der Waals surface area contributed by atoms with Gasteiger partial charge in [0.15, 0.2) is 0 Å². The van der Waals surface area contributed by atoms with Crippen molar-refractivity contribution in [3.63, 3.8) is 0 Å². The molecule has 0 aliphatic rings. The molecule has 1 atom stereocenters. The molecular formula is C28H25ClNO3S-. The van der Waals surface area contributed by atoms with Crippen LogP contribution in [-0.2, 0) is 17.8 Å². The van der Waals surface area contributed by atoms with Crippen molar-refractivity contribution in [3.05, 3.63) is 107 Å². The molecule has 0 fully saturated rings. The molecule has 4 rings (SSSR count). The minimum atomic E-state index is -1.02. The van der Waals surface area contributed by atoms with Crippen molar-refractivity contribution in [2.24, 2.45) is 0 Å². The molecule has 6 heteroatoms. The lowest BCUT2D eigenvalue weighted by Gasteiger charge is -2.18. The van der Waals surface area contributed by atoms with Gasteiger partial charge in [-0.1, -0.05) is 66.2 Å². The number of aryl methyl sites for hydroxylation is 1. The van der Waals surface area contributed by atoms with Gasteiger partial charge in [-0.25, -0.2) is 4.98 Å². The van der Waals surface area contributed by atoms with Crippen molar-refractivity contribution in [1.82, 2.24) is 4.98 Å². The normalized spacial score (nSPS) is 11.9. The van der Waals surface area contributed by atoms with Gasteiger partial charge >= 0.3 is 0 Å². The molecule has 4 nitrogen and oxygen atoms in total. The van der Waals surface area contributed by atoms with E-state index in [-0.39, 0.29) is 11.7 Å². The molecule has 0 saturated heterocycles. The Morgan fingerprint density at radius 2 is 1.82 bits per heavy atom. The van der Waals surface area contributed by atoms with E-state index in [1.54, 1.807) is 11.8 Å². The highest BCUT2D eigenvalue weighted by Crippen LogP contribution is 2.35. The molecule has 0 bridgehead atoms. The molecule has 34 heavy (non-hydrogen) atoms. The van der Waals surface area contributed by atoms with Crippen LogP contribution in [0, 0.1) is 0 Å². The number of rotatable bonds is 11. The number of pyridine rings is 1. The highest BCUT2D eigenvalue weighted by atomic mass is 35.5. The fourth-order valence-corrected chi connectivity index (χ4v) is 5.11. The Morgan fingerprint density at radius 1 is 1.00 bits per heavy atom. The van der Waals surface area contributed by atoms with Crippen molar-refractivity contribution >= 4 is 40.2 Å². The van der Waals surface area contributed by atoms with Gasteiger partial charge in [-0.05, 0) is 66.5 Å². The highest BCUT2D eigenvalue weighted by molar-refractivity contribution is 7.99. The molecule has 0 radical (unpaired) electrons. The van der Waals surface area contributed by atoms with E-state index in [0.29, 0.717) is 17.4 Å². The van der Waals surface area contributed by atoms with E-state index >= 15 is 0 Å². The molecule has 174 valence electrons. The van der Waals surface area contributed by atoms with Crippen LogP contribution in [0.3, 0.4) is 0 Å². The van der Waals surface area contributed by atoms with Crippen molar-refractivity contribution in [1.29, 1.82) is 0 Å². The van der Waals surface area contributed by atoms with Crippen LogP contribution < -0.4 is 9.84 Å². The predicted molar refractivity (Wildman–Crippen MR) is 137 cm³/mol. The van der Waals surface area contributed by atoms with E-state index in [0.717, 1.165) is 40.8 Å². The standard InChI is InChI=1S/C28H26ClNO3S/c29-23-12-10-21-11-13-24(30-26(21)18-23)19-33-25-8-4-7-22(17-25)27(34-16-15-28(31)32)14-9-20-5-2-1-3-6-20/h1-8,10-13,17-18,27H,9,14-16,19H2,(H,31,32)/p-1. The number of ether oxygens (including phenoxy) is 1. The van der Waals surface area contributed by atoms with Gasteiger partial charge in [-0.2, -0.15) is 11.8 Å². The van der Waals surface area contributed by atoms with Crippen molar-refractivity contribution < 1.29 is 14.6 Å². The number of fused-ring (bicyclic) bond motifs is 1. The molecule has 0 aliphatic heterocycles. The zero-order valence-electron chi connectivity index (χ0n) is 18.7. The Bertz CT molecular complexity index is 1250. The Kier molecular flexibility index (Phi) is 8.45. The average molecular weight is 491 g/mol. The Labute approximate surface area is 208 Å². The maximum absolute atomic E-state index is 10.9. The first-order chi connectivity index (χ1) is 16.6. The molecule has 1 aromatic heterocycles. The lowest BCUT2D eigenvalue weighted by molar-refractivity contribution is -0.305. The largest absolute Gasteiger partial charge is 0.550 e. The number of carbonyl (C=O) groups excluding carboxylic acids is 1. The third-order valence-electron chi connectivity index (χ3n) is 5.49. The van der Waals surface area contributed by atoms with Gasteiger partial charge in [0.25, 0.3) is 0 Å². The van der Waals surface area contributed by atoms with Crippen molar-refractivity contribution in [3.8, 4) is 5.75 Å². The SMILES string of the molecule is O=C([O-])CCSC(CCc1ccccc1)c1cccc(OCc2ccc3ccc(Cl)cc3n2)c1. The van der Waals surface area contributed by atoms with E-state index in [1.165, 1.54) is 5.56 Å². The van der Waals surface area contributed by atoms with Crippen LogP contribution in [0.2, 0.25) is 5.02 Å². The van der Waals surface area contributed by atoms with Gasteiger partial charge in [0.1, 0.15) is 12.4 Å². The molecule has 4 aromatic rings. The monoisotopic (exact) mass is 490 g/mol. The van der Waals surface area contributed by atoms with Crippen LogP contribution in [0.25, 0.3) is 10.9 Å². The molecule has 0 amide bonds. The van der Waals surface area contributed by atoms with Gasteiger partial charge in [-0.15, -0.1) is 0 Å². The van der Waals surface area contributed by atoms with E-state index in [9.17, 15) is 9.90 Å². The lowest BCUT2D eigenvalue weighted by Crippen LogP contribution is -2.22. The molecule has 0 saturated carbocycles. The quantitative estimate of drug-likeness (QED) is 0.257. The zero-order chi connectivity index (χ0) is 23.8. The van der Waals surface area contributed by atoms with Gasteiger partial charge < -0.3 is 14.6 Å². The smallest absolute Gasteiger partial charge is 0.130 e. The fraction of sp³-hybridized carbons (Fsp3) is 0.214. The van der Waals surface area contributed by atoms with Crippen LogP contribution in [0.5, 0.6) is 5.75 Å². The van der Waals surface area contributed by atoms with Crippen molar-refractivity contribution in [2.45, 2.75) is 31.1 Å². The number of carboxylic acid groups (broad SMARTS) is 1. The molecule has 0 spiro atoms. The summed E-state index contributed by atoms with van der Waals surface area (Å²) in [5, 5.41) is 12.8. The van der Waals surface area contributed by atoms with E-state index in [1.807, 2.05) is 66.7 Å². The first-order valence-corrected chi connectivity index (χ1v) is 12.6. The third kappa shape index (κ3) is 6.99. The summed E-state index contributed by atoms with van der Waals surface area (Å²) in [7, 11) is 0.